The third kappa shape index (κ3) is 4.90. The van der Waals surface area contributed by atoms with Crippen LogP contribution in [0.4, 0.5) is 0 Å². The van der Waals surface area contributed by atoms with E-state index in [1.54, 1.807) is 0 Å². The van der Waals surface area contributed by atoms with Gasteiger partial charge in [-0.25, -0.2) is 0 Å². The van der Waals surface area contributed by atoms with Gasteiger partial charge in [0.2, 0.25) is 0 Å². The first-order valence-electron chi connectivity index (χ1n) is 5.53. The van der Waals surface area contributed by atoms with Crippen molar-refractivity contribution in [3.8, 4) is 0 Å². The highest BCUT2D eigenvalue weighted by Gasteiger charge is 2.04. The second-order valence-corrected chi connectivity index (χ2v) is 5.11. The topological polar surface area (TPSA) is 20.3 Å². The van der Waals surface area contributed by atoms with E-state index in [-0.39, 0.29) is 5.78 Å². The monoisotopic (exact) mass is 283 g/mol. The first kappa shape index (κ1) is 13.4. The Labute approximate surface area is 106 Å². The molecule has 2 nitrogen and oxygen atoms in total. The highest BCUT2D eigenvalue weighted by Crippen LogP contribution is 2.13. The highest BCUT2D eigenvalue weighted by molar-refractivity contribution is 9.10. The maximum absolute atomic E-state index is 11.8. The van der Waals surface area contributed by atoms with Crippen LogP contribution in [0.5, 0.6) is 0 Å². The smallest absolute Gasteiger partial charge is 0.162 e. The van der Waals surface area contributed by atoms with Crippen LogP contribution in [-0.2, 0) is 0 Å². The summed E-state index contributed by atoms with van der Waals surface area (Å²) in [6, 6.07) is 7.57. The van der Waals surface area contributed by atoms with Crippen molar-refractivity contribution in [3.63, 3.8) is 0 Å². The minimum absolute atomic E-state index is 0.242. The van der Waals surface area contributed by atoms with Crippen molar-refractivity contribution in [1.82, 2.24) is 4.90 Å². The Morgan fingerprint density at radius 1 is 1.19 bits per heavy atom. The van der Waals surface area contributed by atoms with E-state index in [1.165, 1.54) is 0 Å². The van der Waals surface area contributed by atoms with Crippen molar-refractivity contribution in [3.05, 3.63) is 34.3 Å². The molecule has 0 amide bonds. The number of hydrogen-bond acceptors (Lipinski definition) is 2. The Morgan fingerprint density at radius 3 is 2.38 bits per heavy atom. The average molecular weight is 284 g/mol. The molecule has 0 saturated carbocycles. The third-order valence-electron chi connectivity index (χ3n) is 2.43. The summed E-state index contributed by atoms with van der Waals surface area (Å²) in [5, 5.41) is 0. The lowest BCUT2D eigenvalue weighted by Gasteiger charge is -2.08. The predicted octanol–water partition coefficient (Wildman–Crippen LogP) is 3.36. The first-order valence-corrected chi connectivity index (χ1v) is 6.32. The predicted molar refractivity (Wildman–Crippen MR) is 70.9 cm³/mol. The quantitative estimate of drug-likeness (QED) is 0.589. The van der Waals surface area contributed by atoms with Gasteiger partial charge in [-0.05, 0) is 45.6 Å². The Balaban J connectivity index is 2.32. The normalized spacial score (nSPS) is 10.8. The molecule has 0 bridgehead atoms. The van der Waals surface area contributed by atoms with E-state index in [4.69, 9.17) is 0 Å². The maximum atomic E-state index is 11.8. The second-order valence-electron chi connectivity index (χ2n) is 4.19. The Morgan fingerprint density at radius 2 is 1.81 bits per heavy atom. The molecule has 1 rings (SSSR count). The van der Waals surface area contributed by atoms with E-state index < -0.39 is 0 Å². The maximum Gasteiger partial charge on any atom is 0.162 e. The molecular weight excluding hydrogens is 266 g/mol. The molecule has 0 spiro atoms. The van der Waals surface area contributed by atoms with Crippen LogP contribution in [0, 0.1) is 0 Å². The molecule has 0 saturated heterocycles. The van der Waals surface area contributed by atoms with E-state index in [0.717, 1.165) is 29.4 Å². The van der Waals surface area contributed by atoms with Crippen LogP contribution in [0.3, 0.4) is 0 Å². The number of rotatable bonds is 6. The number of halogens is 1. The fourth-order valence-corrected chi connectivity index (χ4v) is 1.76. The summed E-state index contributed by atoms with van der Waals surface area (Å²) in [6.07, 6.45) is 2.69. The lowest BCUT2D eigenvalue weighted by Crippen LogP contribution is -2.13. The number of hydrogen-bond donors (Lipinski definition) is 0. The van der Waals surface area contributed by atoms with Crippen LogP contribution in [0.15, 0.2) is 28.7 Å². The summed E-state index contributed by atoms with van der Waals surface area (Å²) < 4.78 is 1.01. The van der Waals surface area contributed by atoms with Gasteiger partial charge in [0.1, 0.15) is 0 Å². The second kappa shape index (κ2) is 6.81. The number of unbranched alkanes of at least 4 members (excludes halogenated alkanes) is 1. The number of ketones is 1. The molecular formula is C13H18BrNO. The molecule has 0 atom stereocenters. The van der Waals surface area contributed by atoms with Gasteiger partial charge in [-0.2, -0.15) is 0 Å². The number of carbonyl (C=O) groups excluding carboxylic acids is 1. The van der Waals surface area contributed by atoms with Crippen molar-refractivity contribution >= 4 is 21.7 Å². The lowest BCUT2D eigenvalue weighted by molar-refractivity contribution is 0.0978. The van der Waals surface area contributed by atoms with Crippen LogP contribution < -0.4 is 0 Å². The molecule has 0 heterocycles. The zero-order valence-electron chi connectivity index (χ0n) is 9.87. The Hall–Kier alpha value is -0.670. The molecule has 1 aromatic carbocycles. The van der Waals surface area contributed by atoms with Crippen LogP contribution >= 0.6 is 15.9 Å². The summed E-state index contributed by atoms with van der Waals surface area (Å²) in [5.41, 5.74) is 0.813. The first-order chi connectivity index (χ1) is 7.59. The summed E-state index contributed by atoms with van der Waals surface area (Å²) in [5.74, 6) is 0.242. The van der Waals surface area contributed by atoms with Crippen LogP contribution in [-0.4, -0.2) is 31.3 Å². The van der Waals surface area contributed by atoms with Gasteiger partial charge < -0.3 is 4.90 Å². The molecule has 0 aliphatic carbocycles. The van der Waals surface area contributed by atoms with Crippen molar-refractivity contribution in [2.24, 2.45) is 0 Å². The Kier molecular flexibility index (Phi) is 5.71. The fourth-order valence-electron chi connectivity index (χ4n) is 1.49. The van der Waals surface area contributed by atoms with E-state index >= 15 is 0 Å². The van der Waals surface area contributed by atoms with Gasteiger partial charge in [-0.1, -0.05) is 28.1 Å². The van der Waals surface area contributed by atoms with Crippen LogP contribution in [0.25, 0.3) is 0 Å². The summed E-state index contributed by atoms with van der Waals surface area (Å²) in [7, 11) is 4.10. The van der Waals surface area contributed by atoms with E-state index in [9.17, 15) is 4.79 Å². The SMILES string of the molecule is CN(C)CCCCC(=O)c1ccc(Br)cc1. The Bertz CT molecular complexity index is 332. The molecule has 0 unspecified atom stereocenters. The number of benzene rings is 1. The van der Waals surface area contributed by atoms with Gasteiger partial charge in [0.05, 0.1) is 0 Å². The fraction of sp³-hybridized carbons (Fsp3) is 0.462. The van der Waals surface area contributed by atoms with Gasteiger partial charge >= 0.3 is 0 Å². The number of Topliss-reactive ketones (excluding diaryl/α,β-unsaturated/α-hetero) is 1. The molecule has 0 N–H and O–H groups in total. The standard InChI is InChI=1S/C13H18BrNO/c1-15(2)10-4-3-5-13(16)11-6-8-12(14)9-7-11/h6-9H,3-5,10H2,1-2H3. The molecule has 0 radical (unpaired) electrons. The molecule has 3 heteroatoms. The van der Waals surface area contributed by atoms with Crippen LogP contribution in [0.2, 0.25) is 0 Å². The number of nitrogens with zero attached hydrogens (tertiary/aromatic N) is 1. The molecule has 88 valence electrons. The van der Waals surface area contributed by atoms with Gasteiger partial charge in [0.15, 0.2) is 5.78 Å². The molecule has 0 aromatic heterocycles. The minimum atomic E-state index is 0.242. The largest absolute Gasteiger partial charge is 0.309 e. The summed E-state index contributed by atoms with van der Waals surface area (Å²) in [4.78, 5) is 13.9. The van der Waals surface area contributed by atoms with Gasteiger partial charge in [0, 0.05) is 16.5 Å². The summed E-state index contributed by atoms with van der Waals surface area (Å²) >= 11 is 3.36. The van der Waals surface area contributed by atoms with Gasteiger partial charge in [-0.3, -0.25) is 4.79 Å². The zero-order chi connectivity index (χ0) is 12.0. The molecule has 1 aromatic rings. The van der Waals surface area contributed by atoms with E-state index in [0.29, 0.717) is 6.42 Å². The van der Waals surface area contributed by atoms with E-state index in [2.05, 4.69) is 34.9 Å². The van der Waals surface area contributed by atoms with Crippen molar-refractivity contribution < 1.29 is 4.79 Å². The van der Waals surface area contributed by atoms with Gasteiger partial charge in [-0.15, -0.1) is 0 Å². The highest BCUT2D eigenvalue weighted by atomic mass is 79.9. The van der Waals surface area contributed by atoms with Crippen molar-refractivity contribution in [2.75, 3.05) is 20.6 Å². The van der Waals surface area contributed by atoms with Crippen LogP contribution in [0.1, 0.15) is 29.6 Å². The van der Waals surface area contributed by atoms with E-state index in [1.807, 2.05) is 24.3 Å². The molecule has 16 heavy (non-hydrogen) atoms. The minimum Gasteiger partial charge on any atom is -0.309 e. The lowest BCUT2D eigenvalue weighted by atomic mass is 10.1. The average Bonchev–Trinajstić information content (AvgIpc) is 2.25. The summed E-state index contributed by atoms with van der Waals surface area (Å²) in [6.45, 7) is 1.05. The molecule has 0 aliphatic rings. The van der Waals surface area contributed by atoms with Crippen molar-refractivity contribution in [2.45, 2.75) is 19.3 Å². The third-order valence-corrected chi connectivity index (χ3v) is 2.95. The number of carbonyl (C=O) groups is 1. The van der Waals surface area contributed by atoms with Gasteiger partial charge in [0.25, 0.3) is 0 Å². The molecule has 0 fully saturated rings. The zero-order valence-corrected chi connectivity index (χ0v) is 11.5. The molecule has 0 aliphatic heterocycles. The van der Waals surface area contributed by atoms with Crippen molar-refractivity contribution in [1.29, 1.82) is 0 Å².